The number of hydrogen-bond acceptors (Lipinski definition) is 3. The predicted molar refractivity (Wildman–Crippen MR) is 52.5 cm³/mol. The van der Waals surface area contributed by atoms with E-state index in [4.69, 9.17) is 23.1 Å². The van der Waals surface area contributed by atoms with Crippen molar-refractivity contribution in [2.75, 3.05) is 6.54 Å². The number of halogens is 2. The Balaban J connectivity index is 0.00000121. The highest BCUT2D eigenvalue weighted by Crippen LogP contribution is 2.16. The molecular formula is C7H11Cl2N3. The molecule has 0 aliphatic carbocycles. The molecule has 0 unspecified atom stereocenters. The first-order chi connectivity index (χ1) is 5.25. The van der Waals surface area contributed by atoms with E-state index in [0.717, 1.165) is 5.56 Å². The molecule has 0 aliphatic heterocycles. The molecule has 1 rings (SSSR count). The molecule has 0 bridgehead atoms. The van der Waals surface area contributed by atoms with Crippen LogP contribution in [0.25, 0.3) is 0 Å². The lowest BCUT2D eigenvalue weighted by molar-refractivity contribution is 0.733. The molecule has 0 saturated heterocycles. The van der Waals surface area contributed by atoms with Gasteiger partial charge in [-0.3, -0.25) is 0 Å². The summed E-state index contributed by atoms with van der Waals surface area (Å²) in [7, 11) is 0. The van der Waals surface area contributed by atoms with Crippen molar-refractivity contribution in [3.05, 3.63) is 29.0 Å². The van der Waals surface area contributed by atoms with Crippen molar-refractivity contribution in [1.29, 1.82) is 0 Å². The van der Waals surface area contributed by atoms with Gasteiger partial charge in [0.2, 0.25) is 0 Å². The van der Waals surface area contributed by atoms with Crippen LogP contribution in [0.4, 0.5) is 0 Å². The van der Waals surface area contributed by atoms with Gasteiger partial charge in [-0.05, 0) is 6.07 Å². The number of hydrogen-bond donors (Lipinski definition) is 2. The van der Waals surface area contributed by atoms with Crippen LogP contribution in [0.15, 0.2) is 18.3 Å². The second kappa shape index (κ2) is 5.32. The zero-order valence-corrected chi connectivity index (χ0v) is 7.98. The minimum absolute atomic E-state index is 0. The summed E-state index contributed by atoms with van der Waals surface area (Å²) >= 11 is 5.75. The fraction of sp³-hybridized carbons (Fsp3) is 0.286. The lowest BCUT2D eigenvalue weighted by Crippen LogP contribution is -2.21. The topological polar surface area (TPSA) is 64.9 Å². The van der Waals surface area contributed by atoms with Crippen molar-refractivity contribution in [2.24, 2.45) is 11.5 Å². The molecule has 5 heteroatoms. The van der Waals surface area contributed by atoms with Crippen LogP contribution in [0.2, 0.25) is 5.15 Å². The van der Waals surface area contributed by atoms with Crippen LogP contribution in [0, 0.1) is 0 Å². The molecule has 0 aromatic carbocycles. The Labute approximate surface area is 82.5 Å². The summed E-state index contributed by atoms with van der Waals surface area (Å²) < 4.78 is 0. The third kappa shape index (κ3) is 2.60. The first-order valence-electron chi connectivity index (χ1n) is 3.31. The first-order valence-corrected chi connectivity index (χ1v) is 3.69. The standard InChI is InChI=1S/C7H10ClN3.ClH/c8-7-5(6(10)4-9)2-1-3-11-7;/h1-3,6H,4,9-10H2;1H/t6-;/m1./s1. The normalized spacial score (nSPS) is 11.9. The lowest BCUT2D eigenvalue weighted by Gasteiger charge is -2.08. The monoisotopic (exact) mass is 207 g/mol. The van der Waals surface area contributed by atoms with Gasteiger partial charge in [-0.2, -0.15) is 0 Å². The second-order valence-corrected chi connectivity index (χ2v) is 2.58. The van der Waals surface area contributed by atoms with Gasteiger partial charge in [0.25, 0.3) is 0 Å². The van der Waals surface area contributed by atoms with Gasteiger partial charge >= 0.3 is 0 Å². The van der Waals surface area contributed by atoms with Crippen molar-refractivity contribution in [1.82, 2.24) is 4.98 Å². The van der Waals surface area contributed by atoms with E-state index in [0.29, 0.717) is 11.7 Å². The van der Waals surface area contributed by atoms with Gasteiger partial charge < -0.3 is 11.5 Å². The van der Waals surface area contributed by atoms with Crippen LogP contribution in [0.3, 0.4) is 0 Å². The minimum atomic E-state index is -0.212. The zero-order valence-electron chi connectivity index (χ0n) is 6.40. The molecule has 0 saturated carbocycles. The van der Waals surface area contributed by atoms with E-state index in [2.05, 4.69) is 4.98 Å². The molecule has 0 fully saturated rings. The minimum Gasteiger partial charge on any atom is -0.329 e. The molecule has 1 heterocycles. The van der Waals surface area contributed by atoms with Crippen LogP contribution < -0.4 is 11.5 Å². The van der Waals surface area contributed by atoms with Crippen LogP contribution in [0.1, 0.15) is 11.6 Å². The van der Waals surface area contributed by atoms with E-state index >= 15 is 0 Å². The summed E-state index contributed by atoms with van der Waals surface area (Å²) in [5.41, 5.74) is 11.8. The number of pyridine rings is 1. The maximum atomic E-state index is 5.75. The molecule has 4 N–H and O–H groups in total. The van der Waals surface area contributed by atoms with E-state index in [1.807, 2.05) is 6.07 Å². The fourth-order valence-electron chi connectivity index (χ4n) is 0.802. The highest BCUT2D eigenvalue weighted by molar-refractivity contribution is 6.30. The number of rotatable bonds is 2. The van der Waals surface area contributed by atoms with E-state index in [-0.39, 0.29) is 18.4 Å². The molecule has 1 aromatic rings. The van der Waals surface area contributed by atoms with Gasteiger partial charge in [0, 0.05) is 24.3 Å². The lowest BCUT2D eigenvalue weighted by atomic mass is 10.1. The predicted octanol–water partition coefficient (Wildman–Crippen LogP) is 1.12. The number of nitrogens with two attached hydrogens (primary N) is 2. The summed E-state index contributed by atoms with van der Waals surface area (Å²) in [6, 6.07) is 3.40. The van der Waals surface area contributed by atoms with Crippen molar-refractivity contribution in [2.45, 2.75) is 6.04 Å². The molecule has 68 valence electrons. The molecule has 0 amide bonds. The van der Waals surface area contributed by atoms with Crippen LogP contribution >= 0.6 is 24.0 Å². The van der Waals surface area contributed by atoms with Gasteiger partial charge in [-0.1, -0.05) is 17.7 Å². The first kappa shape index (κ1) is 11.6. The summed E-state index contributed by atoms with van der Waals surface area (Å²) in [5, 5.41) is 0.436. The fourth-order valence-corrected chi connectivity index (χ4v) is 1.06. The van der Waals surface area contributed by atoms with Crippen LogP contribution in [0.5, 0.6) is 0 Å². The van der Waals surface area contributed by atoms with E-state index in [9.17, 15) is 0 Å². The van der Waals surface area contributed by atoms with Gasteiger partial charge in [-0.15, -0.1) is 12.4 Å². The van der Waals surface area contributed by atoms with E-state index in [1.54, 1.807) is 12.3 Å². The molecule has 1 atom stereocenters. The summed E-state index contributed by atoms with van der Waals surface area (Å²) in [6.07, 6.45) is 1.62. The molecule has 0 spiro atoms. The molecule has 1 aromatic heterocycles. The quantitative estimate of drug-likeness (QED) is 0.715. The van der Waals surface area contributed by atoms with Crippen molar-refractivity contribution < 1.29 is 0 Å². The number of aromatic nitrogens is 1. The third-order valence-corrected chi connectivity index (χ3v) is 1.76. The van der Waals surface area contributed by atoms with Crippen LogP contribution in [-0.2, 0) is 0 Å². The summed E-state index contributed by atoms with van der Waals surface area (Å²) in [5.74, 6) is 0. The largest absolute Gasteiger partial charge is 0.329 e. The molecule has 0 aliphatic rings. The molecule has 0 radical (unpaired) electrons. The average Bonchev–Trinajstić information content (AvgIpc) is 2.04. The van der Waals surface area contributed by atoms with Crippen LogP contribution in [-0.4, -0.2) is 11.5 Å². The average molecular weight is 208 g/mol. The Morgan fingerprint density at radius 3 is 2.75 bits per heavy atom. The Morgan fingerprint density at radius 2 is 2.25 bits per heavy atom. The van der Waals surface area contributed by atoms with Crippen molar-refractivity contribution >= 4 is 24.0 Å². The Hall–Kier alpha value is -0.350. The highest BCUT2D eigenvalue weighted by Gasteiger charge is 2.07. The van der Waals surface area contributed by atoms with Gasteiger partial charge in [0.05, 0.1) is 0 Å². The maximum Gasteiger partial charge on any atom is 0.133 e. The Kier molecular flexibility index (Phi) is 5.17. The van der Waals surface area contributed by atoms with E-state index < -0.39 is 0 Å². The van der Waals surface area contributed by atoms with E-state index in [1.165, 1.54) is 0 Å². The Morgan fingerprint density at radius 1 is 1.58 bits per heavy atom. The van der Waals surface area contributed by atoms with Crippen molar-refractivity contribution in [3.8, 4) is 0 Å². The summed E-state index contributed by atoms with van der Waals surface area (Å²) in [6.45, 7) is 0.380. The van der Waals surface area contributed by atoms with Gasteiger partial charge in [0.15, 0.2) is 0 Å². The Bertz CT molecular complexity index is 242. The van der Waals surface area contributed by atoms with Crippen molar-refractivity contribution in [3.63, 3.8) is 0 Å². The third-order valence-electron chi connectivity index (χ3n) is 1.44. The zero-order chi connectivity index (χ0) is 8.27. The highest BCUT2D eigenvalue weighted by atomic mass is 35.5. The van der Waals surface area contributed by atoms with Gasteiger partial charge in [-0.25, -0.2) is 4.98 Å². The molecule has 3 nitrogen and oxygen atoms in total. The smallest absolute Gasteiger partial charge is 0.133 e. The second-order valence-electron chi connectivity index (χ2n) is 2.23. The summed E-state index contributed by atoms with van der Waals surface area (Å²) in [4.78, 5) is 3.88. The SMILES string of the molecule is Cl.NC[C@@H](N)c1cccnc1Cl. The number of nitrogens with zero attached hydrogens (tertiary/aromatic N) is 1. The van der Waals surface area contributed by atoms with Gasteiger partial charge in [0.1, 0.15) is 5.15 Å². The molecule has 12 heavy (non-hydrogen) atoms. The maximum absolute atomic E-state index is 5.75. The molecular weight excluding hydrogens is 197 g/mol.